The molecule has 13 heteroatoms. The van der Waals surface area contributed by atoms with Crippen LogP contribution in [0.2, 0.25) is 5.15 Å². The van der Waals surface area contributed by atoms with Crippen molar-refractivity contribution in [2.45, 2.75) is 18.1 Å². The van der Waals surface area contributed by atoms with Crippen LogP contribution >= 0.6 is 11.6 Å². The molecule has 6 nitrogen and oxygen atoms in total. The van der Waals surface area contributed by atoms with E-state index in [1.165, 1.54) is 0 Å². The molecular formula is C9H7ClF6N2O4. The number of carboxylic acids is 1. The number of nitrogens with zero attached hydrogens (tertiary/aromatic N) is 1. The highest BCUT2D eigenvalue weighted by atomic mass is 35.5. The molecule has 0 aliphatic rings. The molecule has 0 aliphatic heterocycles. The topological polar surface area (TPSA) is 117 Å². The SMILES string of the molecule is Nc1c(C(O)(O)C(F)(F)F)ccnc1Cl.O=C(O)C(F)(F)F. The van der Waals surface area contributed by atoms with Crippen molar-refractivity contribution in [1.82, 2.24) is 4.98 Å². The van der Waals surface area contributed by atoms with Crippen LogP contribution in [-0.2, 0) is 10.6 Å². The number of carbonyl (C=O) groups is 1. The van der Waals surface area contributed by atoms with Crippen LogP contribution in [0, 0.1) is 0 Å². The highest BCUT2D eigenvalue weighted by Gasteiger charge is 2.55. The van der Waals surface area contributed by atoms with E-state index in [9.17, 15) is 26.3 Å². The molecule has 1 heterocycles. The van der Waals surface area contributed by atoms with E-state index in [2.05, 4.69) is 4.98 Å². The van der Waals surface area contributed by atoms with Crippen LogP contribution in [0.25, 0.3) is 0 Å². The van der Waals surface area contributed by atoms with Crippen LogP contribution in [0.1, 0.15) is 5.56 Å². The van der Waals surface area contributed by atoms with E-state index in [4.69, 9.17) is 37.4 Å². The first kappa shape index (κ1) is 20.2. The number of alkyl halides is 6. The number of pyridine rings is 1. The predicted octanol–water partition coefficient (Wildman–Crippen LogP) is 1.65. The first-order chi connectivity index (χ1) is 9.62. The lowest BCUT2D eigenvalue weighted by atomic mass is 10.1. The van der Waals surface area contributed by atoms with Gasteiger partial charge in [0.15, 0.2) is 5.15 Å². The van der Waals surface area contributed by atoms with Crippen molar-refractivity contribution in [2.24, 2.45) is 0 Å². The molecule has 1 rings (SSSR count). The van der Waals surface area contributed by atoms with Gasteiger partial charge in [0.1, 0.15) is 0 Å². The Balaban J connectivity index is 0.000000534. The maximum absolute atomic E-state index is 12.2. The largest absolute Gasteiger partial charge is 0.490 e. The minimum atomic E-state index is -5.27. The minimum absolute atomic E-state index is 0.427. The Morgan fingerprint density at radius 2 is 1.59 bits per heavy atom. The summed E-state index contributed by atoms with van der Waals surface area (Å²) in [6, 6.07) is 0.731. The average Bonchev–Trinajstić information content (AvgIpc) is 2.30. The van der Waals surface area contributed by atoms with Crippen molar-refractivity contribution in [3.63, 3.8) is 0 Å². The zero-order chi connectivity index (χ0) is 17.9. The van der Waals surface area contributed by atoms with E-state index in [1.54, 1.807) is 0 Å². The molecule has 22 heavy (non-hydrogen) atoms. The molecule has 1 aromatic heterocycles. The van der Waals surface area contributed by atoms with Crippen molar-refractivity contribution in [1.29, 1.82) is 0 Å². The number of nitrogen functional groups attached to an aromatic ring is 1. The number of aromatic nitrogens is 1. The molecule has 0 atom stereocenters. The van der Waals surface area contributed by atoms with Crippen molar-refractivity contribution in [2.75, 3.05) is 5.73 Å². The standard InChI is InChI=1S/C7H6ClF3N2O2.C2HF3O2/c8-5-4(12)3(1-2-13-5)6(14,15)7(9,10)11;3-2(4,5)1(6)7/h1-2,14-15H,12H2;(H,6,7). The third kappa shape index (κ3) is 4.89. The summed E-state index contributed by atoms with van der Waals surface area (Å²) in [5, 5.41) is 24.5. The van der Waals surface area contributed by atoms with E-state index < -0.39 is 40.5 Å². The van der Waals surface area contributed by atoms with Gasteiger partial charge >= 0.3 is 18.3 Å². The maximum Gasteiger partial charge on any atom is 0.490 e. The van der Waals surface area contributed by atoms with Crippen LogP contribution in [0.3, 0.4) is 0 Å². The molecule has 0 radical (unpaired) electrons. The fraction of sp³-hybridized carbons (Fsp3) is 0.333. The third-order valence-electron chi connectivity index (χ3n) is 1.95. The molecule has 0 unspecified atom stereocenters. The molecule has 0 fully saturated rings. The molecule has 0 aliphatic carbocycles. The molecule has 0 aromatic carbocycles. The molecular weight excluding hydrogens is 350 g/mol. The van der Waals surface area contributed by atoms with Gasteiger partial charge in [0.25, 0.3) is 5.79 Å². The number of aliphatic hydroxyl groups is 2. The Bertz CT molecular complexity index is 546. The minimum Gasteiger partial charge on any atom is -0.475 e. The van der Waals surface area contributed by atoms with E-state index >= 15 is 0 Å². The van der Waals surface area contributed by atoms with Gasteiger partial charge in [-0.3, -0.25) is 0 Å². The van der Waals surface area contributed by atoms with Crippen LogP contribution < -0.4 is 5.73 Å². The molecule has 126 valence electrons. The summed E-state index contributed by atoms with van der Waals surface area (Å²) in [6.45, 7) is 0. The summed E-state index contributed by atoms with van der Waals surface area (Å²) in [6.07, 6.45) is -9.47. The van der Waals surface area contributed by atoms with Gasteiger partial charge in [-0.05, 0) is 6.07 Å². The average molecular weight is 357 g/mol. The van der Waals surface area contributed by atoms with Gasteiger partial charge in [0.05, 0.1) is 5.69 Å². The second-order valence-corrected chi connectivity index (χ2v) is 3.89. The fourth-order valence-electron chi connectivity index (χ4n) is 0.904. The first-order valence-electron chi connectivity index (χ1n) is 4.84. The van der Waals surface area contributed by atoms with Gasteiger partial charge in [0, 0.05) is 11.8 Å². The first-order valence-corrected chi connectivity index (χ1v) is 5.22. The second kappa shape index (κ2) is 6.54. The van der Waals surface area contributed by atoms with Crippen LogP contribution in [0.15, 0.2) is 12.3 Å². The van der Waals surface area contributed by atoms with Gasteiger partial charge < -0.3 is 21.1 Å². The Hall–Kier alpha value is -1.79. The zero-order valence-electron chi connectivity index (χ0n) is 10.1. The second-order valence-electron chi connectivity index (χ2n) is 3.54. The Kier molecular flexibility index (Phi) is 6.01. The number of hydrogen-bond acceptors (Lipinski definition) is 5. The van der Waals surface area contributed by atoms with Crippen molar-refractivity contribution in [3.8, 4) is 0 Å². The summed E-state index contributed by atoms with van der Waals surface area (Å²) in [5.41, 5.74) is 3.58. The number of aliphatic carboxylic acids is 1. The van der Waals surface area contributed by atoms with E-state index in [-0.39, 0.29) is 0 Å². The molecule has 0 spiro atoms. The van der Waals surface area contributed by atoms with Crippen molar-refractivity contribution in [3.05, 3.63) is 23.0 Å². The Labute approximate surface area is 122 Å². The molecule has 0 saturated carbocycles. The number of rotatable bonds is 1. The van der Waals surface area contributed by atoms with E-state index in [1.807, 2.05) is 0 Å². The normalized spacial score (nSPS) is 12.4. The maximum atomic E-state index is 12.2. The molecule has 1 aromatic rings. The number of hydrogen-bond donors (Lipinski definition) is 4. The highest BCUT2D eigenvalue weighted by molar-refractivity contribution is 6.31. The van der Waals surface area contributed by atoms with Crippen molar-refractivity contribution >= 4 is 23.3 Å². The van der Waals surface area contributed by atoms with Crippen molar-refractivity contribution < 1.29 is 46.5 Å². The van der Waals surface area contributed by atoms with Gasteiger partial charge in [-0.15, -0.1) is 0 Å². The number of anilines is 1. The van der Waals surface area contributed by atoms with E-state index in [0.717, 1.165) is 12.3 Å². The quantitative estimate of drug-likeness (QED) is 0.345. The van der Waals surface area contributed by atoms with Crippen LogP contribution in [-0.4, -0.2) is 38.6 Å². The Morgan fingerprint density at radius 1 is 1.18 bits per heavy atom. The molecule has 0 bridgehead atoms. The monoisotopic (exact) mass is 356 g/mol. The number of nitrogens with two attached hydrogens (primary N) is 1. The lowest BCUT2D eigenvalue weighted by Gasteiger charge is -2.25. The number of halogens is 7. The smallest absolute Gasteiger partial charge is 0.475 e. The van der Waals surface area contributed by atoms with E-state index in [0.29, 0.717) is 0 Å². The van der Waals surface area contributed by atoms with Gasteiger partial charge in [-0.25, -0.2) is 9.78 Å². The Morgan fingerprint density at radius 3 is 1.91 bits per heavy atom. The molecule has 5 N–H and O–H groups in total. The molecule has 0 amide bonds. The summed E-state index contributed by atoms with van der Waals surface area (Å²) in [4.78, 5) is 12.3. The fourth-order valence-corrected chi connectivity index (χ4v) is 1.06. The lowest BCUT2D eigenvalue weighted by molar-refractivity contribution is -0.358. The highest BCUT2D eigenvalue weighted by Crippen LogP contribution is 2.40. The number of carboxylic acid groups (broad SMARTS) is 1. The van der Waals surface area contributed by atoms with Gasteiger partial charge in [-0.1, -0.05) is 11.6 Å². The summed E-state index contributed by atoms with van der Waals surface area (Å²) < 4.78 is 68.4. The van der Waals surface area contributed by atoms with Crippen LogP contribution in [0.4, 0.5) is 32.0 Å². The summed E-state index contributed by atoms with van der Waals surface area (Å²) >= 11 is 5.34. The predicted molar refractivity (Wildman–Crippen MR) is 59.5 cm³/mol. The molecule has 0 saturated heterocycles. The van der Waals surface area contributed by atoms with Gasteiger partial charge in [0.2, 0.25) is 0 Å². The van der Waals surface area contributed by atoms with Gasteiger partial charge in [-0.2, -0.15) is 26.3 Å². The third-order valence-corrected chi connectivity index (χ3v) is 2.26. The summed E-state index contributed by atoms with van der Waals surface area (Å²) in [7, 11) is 0. The lowest BCUT2D eigenvalue weighted by Crippen LogP contribution is -2.42. The van der Waals surface area contributed by atoms with Crippen LogP contribution in [0.5, 0.6) is 0 Å². The zero-order valence-corrected chi connectivity index (χ0v) is 10.8. The summed E-state index contributed by atoms with van der Waals surface area (Å²) in [5.74, 6) is -6.79.